The summed E-state index contributed by atoms with van der Waals surface area (Å²) in [5.74, 6) is 2.67. The Morgan fingerprint density at radius 3 is 2.53 bits per heavy atom. The second-order valence-corrected chi connectivity index (χ2v) is 4.81. The van der Waals surface area contributed by atoms with E-state index in [0.29, 0.717) is 0 Å². The van der Waals surface area contributed by atoms with Gasteiger partial charge in [0.2, 0.25) is 0 Å². The largest absolute Gasteiger partial charge is 0.496 e. The molecule has 0 amide bonds. The first kappa shape index (κ1) is 13.7. The summed E-state index contributed by atoms with van der Waals surface area (Å²) in [5, 5.41) is 0. The van der Waals surface area contributed by atoms with Crippen molar-refractivity contribution in [1.82, 2.24) is 0 Å². The summed E-state index contributed by atoms with van der Waals surface area (Å²) in [6.45, 7) is 6.13. The van der Waals surface area contributed by atoms with E-state index in [2.05, 4.69) is 13.0 Å². The van der Waals surface area contributed by atoms with Crippen molar-refractivity contribution in [2.45, 2.75) is 33.2 Å². The second-order valence-electron chi connectivity index (χ2n) is 4.81. The maximum atomic E-state index is 6.31. The van der Waals surface area contributed by atoms with Crippen molar-refractivity contribution in [3.63, 3.8) is 0 Å². The third-order valence-corrected chi connectivity index (χ3v) is 3.46. The van der Waals surface area contributed by atoms with E-state index in [1.54, 1.807) is 7.11 Å². The highest BCUT2D eigenvalue weighted by molar-refractivity contribution is 5.44. The van der Waals surface area contributed by atoms with Gasteiger partial charge < -0.3 is 14.9 Å². The van der Waals surface area contributed by atoms with Crippen LogP contribution in [0.5, 0.6) is 5.75 Å². The Morgan fingerprint density at radius 1 is 1.21 bits per heavy atom. The Kier molecular flexibility index (Phi) is 3.96. The van der Waals surface area contributed by atoms with Gasteiger partial charge >= 0.3 is 0 Å². The van der Waals surface area contributed by atoms with E-state index >= 15 is 0 Å². The monoisotopic (exact) mass is 259 g/mol. The number of methoxy groups -OCH3 is 1. The predicted octanol–water partition coefficient (Wildman–Crippen LogP) is 3.52. The highest BCUT2D eigenvalue weighted by Gasteiger charge is 2.16. The summed E-state index contributed by atoms with van der Waals surface area (Å²) < 4.78 is 11.1. The number of hydrogen-bond donors (Lipinski definition) is 1. The minimum Gasteiger partial charge on any atom is -0.496 e. The first-order valence-corrected chi connectivity index (χ1v) is 6.56. The number of hydrogen-bond acceptors (Lipinski definition) is 3. The van der Waals surface area contributed by atoms with Crippen LogP contribution < -0.4 is 10.5 Å². The Labute approximate surface area is 114 Å². The van der Waals surface area contributed by atoms with E-state index in [1.807, 2.05) is 32.0 Å². The SMILES string of the molecule is CCc1ccc(C(N)c2cc(C)c(OC)cc2C)o1. The van der Waals surface area contributed by atoms with Gasteiger partial charge in [0.25, 0.3) is 0 Å². The van der Waals surface area contributed by atoms with E-state index in [-0.39, 0.29) is 6.04 Å². The summed E-state index contributed by atoms with van der Waals surface area (Å²) in [6.07, 6.45) is 0.882. The Hall–Kier alpha value is -1.74. The minimum absolute atomic E-state index is 0.232. The zero-order chi connectivity index (χ0) is 14.0. The smallest absolute Gasteiger partial charge is 0.125 e. The molecular formula is C16H21NO2. The van der Waals surface area contributed by atoms with Crippen molar-refractivity contribution >= 4 is 0 Å². The molecule has 1 atom stereocenters. The molecule has 0 bridgehead atoms. The van der Waals surface area contributed by atoms with E-state index < -0.39 is 0 Å². The number of benzene rings is 1. The number of aryl methyl sites for hydroxylation is 3. The fourth-order valence-electron chi connectivity index (χ4n) is 2.27. The molecule has 0 saturated carbocycles. The van der Waals surface area contributed by atoms with Gasteiger partial charge in [0.1, 0.15) is 17.3 Å². The molecule has 0 aliphatic heterocycles. The Morgan fingerprint density at radius 2 is 1.95 bits per heavy atom. The van der Waals surface area contributed by atoms with Gasteiger partial charge in [-0.15, -0.1) is 0 Å². The van der Waals surface area contributed by atoms with Crippen LogP contribution in [0.2, 0.25) is 0 Å². The van der Waals surface area contributed by atoms with Crippen molar-refractivity contribution in [1.29, 1.82) is 0 Å². The molecule has 0 aliphatic carbocycles. The highest BCUT2D eigenvalue weighted by Crippen LogP contribution is 2.29. The molecule has 102 valence electrons. The second kappa shape index (κ2) is 5.49. The molecule has 0 spiro atoms. The van der Waals surface area contributed by atoms with E-state index in [4.69, 9.17) is 14.9 Å². The highest BCUT2D eigenvalue weighted by atomic mass is 16.5. The minimum atomic E-state index is -0.232. The Balaban J connectivity index is 2.38. The van der Waals surface area contributed by atoms with Crippen LogP contribution in [0.1, 0.15) is 41.2 Å². The molecule has 2 aromatic rings. The molecule has 1 aromatic heterocycles. The van der Waals surface area contributed by atoms with Crippen LogP contribution in [-0.2, 0) is 6.42 Å². The van der Waals surface area contributed by atoms with Crippen LogP contribution in [-0.4, -0.2) is 7.11 Å². The van der Waals surface area contributed by atoms with Crippen molar-refractivity contribution in [2.24, 2.45) is 5.73 Å². The van der Waals surface area contributed by atoms with Crippen LogP contribution >= 0.6 is 0 Å². The van der Waals surface area contributed by atoms with Gasteiger partial charge in [0.15, 0.2) is 0 Å². The van der Waals surface area contributed by atoms with Crippen molar-refractivity contribution in [3.05, 3.63) is 52.5 Å². The molecule has 3 heteroatoms. The molecule has 0 saturated heterocycles. The third-order valence-electron chi connectivity index (χ3n) is 3.46. The van der Waals surface area contributed by atoms with Crippen LogP contribution in [0.15, 0.2) is 28.7 Å². The maximum Gasteiger partial charge on any atom is 0.125 e. The third kappa shape index (κ3) is 2.66. The molecule has 1 unspecified atom stereocenters. The van der Waals surface area contributed by atoms with Crippen molar-refractivity contribution in [3.8, 4) is 5.75 Å². The molecule has 1 aromatic carbocycles. The molecule has 1 heterocycles. The van der Waals surface area contributed by atoms with Gasteiger partial charge in [0, 0.05) is 6.42 Å². The molecule has 0 fully saturated rings. The van der Waals surface area contributed by atoms with E-state index in [1.165, 1.54) is 0 Å². The molecular weight excluding hydrogens is 238 g/mol. The van der Waals surface area contributed by atoms with Crippen LogP contribution in [0.4, 0.5) is 0 Å². The molecule has 0 radical (unpaired) electrons. The summed E-state index contributed by atoms with van der Waals surface area (Å²) >= 11 is 0. The summed E-state index contributed by atoms with van der Waals surface area (Å²) in [7, 11) is 1.68. The molecule has 0 aliphatic rings. The van der Waals surface area contributed by atoms with Gasteiger partial charge in [-0.25, -0.2) is 0 Å². The van der Waals surface area contributed by atoms with Gasteiger partial charge in [-0.1, -0.05) is 13.0 Å². The number of rotatable bonds is 4. The summed E-state index contributed by atoms with van der Waals surface area (Å²) in [6, 6.07) is 7.81. The quantitative estimate of drug-likeness (QED) is 0.914. The van der Waals surface area contributed by atoms with E-state index in [9.17, 15) is 0 Å². The zero-order valence-electron chi connectivity index (χ0n) is 12.0. The normalized spacial score (nSPS) is 12.5. The summed E-state index contributed by atoms with van der Waals surface area (Å²) in [4.78, 5) is 0. The number of nitrogens with two attached hydrogens (primary N) is 1. The van der Waals surface area contributed by atoms with Crippen LogP contribution in [0.3, 0.4) is 0 Å². The lowest BCUT2D eigenvalue weighted by Gasteiger charge is -2.15. The van der Waals surface area contributed by atoms with Crippen molar-refractivity contribution < 1.29 is 9.15 Å². The Bertz CT molecular complexity index is 572. The van der Waals surface area contributed by atoms with Gasteiger partial charge in [-0.3, -0.25) is 0 Å². The topological polar surface area (TPSA) is 48.4 Å². The lowest BCUT2D eigenvalue weighted by Crippen LogP contribution is -2.13. The fraction of sp³-hybridized carbons (Fsp3) is 0.375. The first-order valence-electron chi connectivity index (χ1n) is 6.56. The van der Waals surface area contributed by atoms with Gasteiger partial charge in [-0.05, 0) is 48.7 Å². The van der Waals surface area contributed by atoms with E-state index in [0.717, 1.165) is 40.4 Å². The number of ether oxygens (including phenoxy) is 1. The van der Waals surface area contributed by atoms with Gasteiger partial charge in [-0.2, -0.15) is 0 Å². The summed E-state index contributed by atoms with van der Waals surface area (Å²) in [5.41, 5.74) is 9.59. The maximum absolute atomic E-state index is 6.31. The molecule has 2 N–H and O–H groups in total. The van der Waals surface area contributed by atoms with Crippen molar-refractivity contribution in [2.75, 3.05) is 7.11 Å². The lowest BCUT2D eigenvalue weighted by atomic mass is 9.97. The average Bonchev–Trinajstić information content (AvgIpc) is 2.89. The lowest BCUT2D eigenvalue weighted by molar-refractivity contribution is 0.410. The zero-order valence-corrected chi connectivity index (χ0v) is 12.0. The van der Waals surface area contributed by atoms with Gasteiger partial charge in [0.05, 0.1) is 13.2 Å². The van der Waals surface area contributed by atoms with Crippen LogP contribution in [0, 0.1) is 13.8 Å². The number of furan rings is 1. The molecule has 3 nitrogen and oxygen atoms in total. The van der Waals surface area contributed by atoms with Crippen LogP contribution in [0.25, 0.3) is 0 Å². The standard InChI is InChI=1S/C16H21NO2/c1-5-12-6-7-14(19-12)16(17)13-8-11(3)15(18-4)9-10(13)2/h6-9,16H,5,17H2,1-4H3. The predicted molar refractivity (Wildman–Crippen MR) is 76.6 cm³/mol. The molecule has 19 heavy (non-hydrogen) atoms. The average molecular weight is 259 g/mol. The fourth-order valence-corrected chi connectivity index (χ4v) is 2.27. The first-order chi connectivity index (χ1) is 9.06. The molecule has 2 rings (SSSR count).